The molecular formula is C14H16N4O2. The molecule has 1 N–H and O–H groups in total. The van der Waals surface area contributed by atoms with E-state index >= 15 is 0 Å². The summed E-state index contributed by atoms with van der Waals surface area (Å²) >= 11 is 0. The second-order valence-electron chi connectivity index (χ2n) is 5.09. The quantitative estimate of drug-likeness (QED) is 0.896. The molecule has 2 aliphatic heterocycles. The van der Waals surface area contributed by atoms with Crippen LogP contribution in [0, 0.1) is 0 Å². The number of morpholine rings is 1. The number of para-hydroxylation sites is 1. The first-order valence-corrected chi connectivity index (χ1v) is 6.91. The van der Waals surface area contributed by atoms with E-state index in [1.165, 1.54) is 5.56 Å². The number of hydrogen-bond acceptors (Lipinski definition) is 6. The molecule has 1 unspecified atom stereocenters. The van der Waals surface area contributed by atoms with Crippen LogP contribution in [0.4, 0.5) is 11.6 Å². The second kappa shape index (κ2) is 4.79. The highest BCUT2D eigenvalue weighted by Gasteiger charge is 2.27. The summed E-state index contributed by atoms with van der Waals surface area (Å²) in [6, 6.07) is 8.36. The van der Waals surface area contributed by atoms with Gasteiger partial charge in [0.05, 0.1) is 13.2 Å². The Labute approximate surface area is 116 Å². The highest BCUT2D eigenvalue weighted by atomic mass is 16.5. The molecule has 0 amide bonds. The van der Waals surface area contributed by atoms with Crippen LogP contribution in [0.1, 0.15) is 17.5 Å². The Kier molecular flexibility index (Phi) is 2.81. The van der Waals surface area contributed by atoms with Crippen molar-refractivity contribution in [2.75, 3.05) is 36.5 Å². The van der Waals surface area contributed by atoms with Gasteiger partial charge in [-0.2, -0.15) is 4.98 Å². The minimum atomic E-state index is 0.0784. The molecule has 4 rings (SSSR count). The summed E-state index contributed by atoms with van der Waals surface area (Å²) in [5.74, 6) is 1.32. The minimum absolute atomic E-state index is 0.0784. The van der Waals surface area contributed by atoms with E-state index in [0.29, 0.717) is 11.8 Å². The molecule has 20 heavy (non-hydrogen) atoms. The molecular weight excluding hydrogens is 256 g/mol. The third-order valence-corrected chi connectivity index (χ3v) is 3.79. The molecule has 104 valence electrons. The monoisotopic (exact) mass is 272 g/mol. The standard InChI is InChI=1S/C14H16N4O2/c1-2-4-11-10(3-1)9-12(15-11)13-16-14(17-20-13)18-5-7-19-8-6-18/h1-4,12,15H,5-9H2. The predicted octanol–water partition coefficient (Wildman–Crippen LogP) is 1.62. The zero-order valence-electron chi connectivity index (χ0n) is 11.1. The molecule has 1 aromatic heterocycles. The van der Waals surface area contributed by atoms with Gasteiger partial charge >= 0.3 is 0 Å². The third-order valence-electron chi connectivity index (χ3n) is 3.79. The number of ether oxygens (including phenoxy) is 1. The number of nitrogens with one attached hydrogen (secondary N) is 1. The first kappa shape index (κ1) is 11.7. The van der Waals surface area contributed by atoms with Crippen LogP contribution in [-0.4, -0.2) is 36.4 Å². The lowest BCUT2D eigenvalue weighted by molar-refractivity contribution is 0.121. The van der Waals surface area contributed by atoms with Gasteiger partial charge in [-0.1, -0.05) is 18.2 Å². The predicted molar refractivity (Wildman–Crippen MR) is 73.8 cm³/mol. The number of anilines is 2. The zero-order valence-corrected chi connectivity index (χ0v) is 11.1. The number of nitrogens with zero attached hydrogens (tertiary/aromatic N) is 3. The molecule has 0 spiro atoms. The summed E-state index contributed by atoms with van der Waals surface area (Å²) < 4.78 is 10.8. The summed E-state index contributed by atoms with van der Waals surface area (Å²) in [6.45, 7) is 3.07. The molecule has 0 aliphatic carbocycles. The van der Waals surface area contributed by atoms with Crippen LogP contribution in [0.5, 0.6) is 0 Å². The average molecular weight is 272 g/mol. The molecule has 0 saturated carbocycles. The summed E-state index contributed by atoms with van der Waals surface area (Å²) in [6.07, 6.45) is 0.890. The first-order chi connectivity index (χ1) is 9.90. The van der Waals surface area contributed by atoms with E-state index in [9.17, 15) is 0 Å². The highest BCUT2D eigenvalue weighted by Crippen LogP contribution is 2.33. The lowest BCUT2D eigenvalue weighted by Crippen LogP contribution is -2.36. The van der Waals surface area contributed by atoms with Gasteiger partial charge in [0.15, 0.2) is 0 Å². The van der Waals surface area contributed by atoms with Gasteiger partial charge in [0.2, 0.25) is 0 Å². The van der Waals surface area contributed by atoms with E-state index in [1.807, 2.05) is 6.07 Å². The van der Waals surface area contributed by atoms with Crippen LogP contribution in [0.15, 0.2) is 28.8 Å². The van der Waals surface area contributed by atoms with Gasteiger partial charge in [-0.15, -0.1) is 0 Å². The molecule has 1 saturated heterocycles. The average Bonchev–Trinajstić information content (AvgIpc) is 3.14. The van der Waals surface area contributed by atoms with Crippen molar-refractivity contribution in [3.8, 4) is 0 Å². The van der Waals surface area contributed by atoms with Crippen molar-refractivity contribution in [1.82, 2.24) is 10.1 Å². The van der Waals surface area contributed by atoms with Gasteiger partial charge in [0.25, 0.3) is 11.8 Å². The Bertz CT molecular complexity index is 582. The Hall–Kier alpha value is -2.08. The maximum atomic E-state index is 5.43. The SMILES string of the molecule is c1ccc2c(c1)CC(c1nc(N3CCOCC3)no1)N2. The van der Waals surface area contributed by atoms with Crippen molar-refractivity contribution in [3.63, 3.8) is 0 Å². The maximum Gasteiger partial charge on any atom is 0.266 e. The molecule has 1 atom stereocenters. The van der Waals surface area contributed by atoms with Crippen LogP contribution < -0.4 is 10.2 Å². The molecule has 1 aromatic carbocycles. The van der Waals surface area contributed by atoms with E-state index in [0.717, 1.165) is 38.4 Å². The van der Waals surface area contributed by atoms with Gasteiger partial charge < -0.3 is 19.5 Å². The van der Waals surface area contributed by atoms with Crippen LogP contribution in [0.25, 0.3) is 0 Å². The van der Waals surface area contributed by atoms with Gasteiger partial charge in [-0.25, -0.2) is 0 Å². The second-order valence-corrected chi connectivity index (χ2v) is 5.09. The Morgan fingerprint density at radius 3 is 2.90 bits per heavy atom. The Balaban J connectivity index is 1.52. The van der Waals surface area contributed by atoms with Gasteiger partial charge in [0, 0.05) is 25.2 Å². The zero-order chi connectivity index (χ0) is 13.4. The fourth-order valence-corrected chi connectivity index (χ4v) is 2.71. The van der Waals surface area contributed by atoms with Gasteiger partial charge in [-0.3, -0.25) is 0 Å². The highest BCUT2D eigenvalue weighted by molar-refractivity contribution is 5.57. The number of aromatic nitrogens is 2. The lowest BCUT2D eigenvalue weighted by Gasteiger charge is -2.24. The number of hydrogen-bond donors (Lipinski definition) is 1. The normalized spacial score (nSPS) is 21.6. The van der Waals surface area contributed by atoms with Crippen LogP contribution in [0.3, 0.4) is 0 Å². The van der Waals surface area contributed by atoms with Crippen molar-refractivity contribution < 1.29 is 9.26 Å². The van der Waals surface area contributed by atoms with Crippen molar-refractivity contribution in [2.45, 2.75) is 12.5 Å². The van der Waals surface area contributed by atoms with Crippen LogP contribution in [0.2, 0.25) is 0 Å². The van der Waals surface area contributed by atoms with E-state index in [-0.39, 0.29) is 6.04 Å². The molecule has 2 aromatic rings. The van der Waals surface area contributed by atoms with E-state index in [4.69, 9.17) is 9.26 Å². The number of benzene rings is 1. The fourth-order valence-electron chi connectivity index (χ4n) is 2.71. The summed E-state index contributed by atoms with van der Waals surface area (Å²) in [5.41, 5.74) is 2.45. The molecule has 1 fully saturated rings. The molecule has 3 heterocycles. The number of fused-ring (bicyclic) bond motifs is 1. The van der Waals surface area contributed by atoms with E-state index in [2.05, 4.69) is 38.6 Å². The molecule has 0 bridgehead atoms. The molecule has 0 radical (unpaired) electrons. The largest absolute Gasteiger partial charge is 0.378 e. The third kappa shape index (κ3) is 2.02. The van der Waals surface area contributed by atoms with Gasteiger partial charge in [0.1, 0.15) is 6.04 Å². The van der Waals surface area contributed by atoms with Crippen molar-refractivity contribution >= 4 is 11.6 Å². The molecule has 6 nitrogen and oxygen atoms in total. The van der Waals surface area contributed by atoms with Crippen molar-refractivity contribution in [3.05, 3.63) is 35.7 Å². The summed E-state index contributed by atoms with van der Waals surface area (Å²) in [5, 5.41) is 7.52. The summed E-state index contributed by atoms with van der Waals surface area (Å²) in [7, 11) is 0. The maximum absolute atomic E-state index is 5.43. The summed E-state index contributed by atoms with van der Waals surface area (Å²) in [4.78, 5) is 6.62. The molecule has 2 aliphatic rings. The van der Waals surface area contributed by atoms with Crippen molar-refractivity contribution in [2.24, 2.45) is 0 Å². The lowest BCUT2D eigenvalue weighted by atomic mass is 10.1. The van der Waals surface area contributed by atoms with Gasteiger partial charge in [-0.05, 0) is 16.8 Å². The Morgan fingerprint density at radius 2 is 2.05 bits per heavy atom. The first-order valence-electron chi connectivity index (χ1n) is 6.91. The van der Waals surface area contributed by atoms with Crippen LogP contribution in [-0.2, 0) is 11.2 Å². The minimum Gasteiger partial charge on any atom is -0.378 e. The number of rotatable bonds is 2. The van der Waals surface area contributed by atoms with E-state index in [1.54, 1.807) is 0 Å². The van der Waals surface area contributed by atoms with Crippen LogP contribution >= 0.6 is 0 Å². The smallest absolute Gasteiger partial charge is 0.266 e. The van der Waals surface area contributed by atoms with Crippen molar-refractivity contribution in [1.29, 1.82) is 0 Å². The Morgan fingerprint density at radius 1 is 1.20 bits per heavy atom. The molecule has 6 heteroatoms. The van der Waals surface area contributed by atoms with E-state index < -0.39 is 0 Å². The fraction of sp³-hybridized carbons (Fsp3) is 0.429. The topological polar surface area (TPSA) is 63.4 Å².